The predicted octanol–water partition coefficient (Wildman–Crippen LogP) is 3.82. The minimum atomic E-state index is -4.21. The van der Waals surface area contributed by atoms with Crippen LogP contribution in [0.1, 0.15) is 45.4 Å². The van der Waals surface area contributed by atoms with Gasteiger partial charge in [-0.05, 0) is 19.3 Å². The van der Waals surface area contributed by atoms with E-state index >= 15 is 0 Å². The molecule has 2 nitrogen and oxygen atoms in total. The molecule has 5 heteroatoms. The highest BCUT2D eigenvalue weighted by molar-refractivity contribution is 5.81. The van der Waals surface area contributed by atoms with Crippen LogP contribution in [0.15, 0.2) is 0 Å². The number of hydrogen-bond acceptors (Lipinski definition) is 1. The second-order valence-corrected chi connectivity index (χ2v) is 4.76. The molecule has 0 bridgehead atoms. The Labute approximate surface area is 101 Å². The first-order valence-electron chi connectivity index (χ1n) is 6.34. The number of nitrogens with zero attached hydrogens (tertiary/aromatic N) is 1. The average molecular weight is 250 g/mol. The third kappa shape index (κ3) is 4.96. The first kappa shape index (κ1) is 14.3. The number of nitrogens with one attached hydrogen (secondary N) is 1. The van der Waals surface area contributed by atoms with Crippen molar-refractivity contribution in [3.63, 3.8) is 0 Å². The maximum atomic E-state index is 12.4. The number of rotatable bonds is 4. The lowest BCUT2D eigenvalue weighted by molar-refractivity contribution is -0.138. The molecule has 0 aliphatic heterocycles. The summed E-state index contributed by atoms with van der Waals surface area (Å²) in [5, 5.41) is 7.95. The summed E-state index contributed by atoms with van der Waals surface area (Å²) in [7, 11) is 0. The fraction of sp³-hybridized carbons (Fsp3) is 0.917. The lowest BCUT2D eigenvalue weighted by Crippen LogP contribution is -2.42. The fourth-order valence-electron chi connectivity index (χ4n) is 2.41. The standard InChI is InChI=1S/C12H21F3N2/c1-2-8-17(9-12(13,14)15)11(16)10-6-4-3-5-7-10/h10,16H,2-9H2,1H3. The first-order valence-corrected chi connectivity index (χ1v) is 6.34. The van der Waals surface area contributed by atoms with Crippen LogP contribution in [-0.4, -0.2) is 30.0 Å². The van der Waals surface area contributed by atoms with Gasteiger partial charge in [0, 0.05) is 12.5 Å². The van der Waals surface area contributed by atoms with E-state index < -0.39 is 12.7 Å². The molecular formula is C12H21F3N2. The molecule has 1 saturated carbocycles. The van der Waals surface area contributed by atoms with Crippen molar-refractivity contribution in [3.8, 4) is 0 Å². The molecule has 0 saturated heterocycles. The van der Waals surface area contributed by atoms with Crippen molar-refractivity contribution >= 4 is 5.84 Å². The number of alkyl halides is 3. The van der Waals surface area contributed by atoms with E-state index in [0.717, 1.165) is 32.1 Å². The van der Waals surface area contributed by atoms with E-state index in [-0.39, 0.29) is 11.8 Å². The van der Waals surface area contributed by atoms with Crippen molar-refractivity contribution in [1.29, 1.82) is 5.41 Å². The summed E-state index contributed by atoms with van der Waals surface area (Å²) in [4.78, 5) is 1.20. The topological polar surface area (TPSA) is 27.1 Å². The van der Waals surface area contributed by atoms with Gasteiger partial charge in [0.05, 0.1) is 5.84 Å². The Hall–Kier alpha value is -0.740. The third-order valence-corrected chi connectivity index (χ3v) is 3.20. The molecule has 1 rings (SSSR count). The Morgan fingerprint density at radius 3 is 2.29 bits per heavy atom. The predicted molar refractivity (Wildman–Crippen MR) is 62.2 cm³/mol. The van der Waals surface area contributed by atoms with Crippen molar-refractivity contribution in [3.05, 3.63) is 0 Å². The molecule has 0 atom stereocenters. The molecule has 0 unspecified atom stereocenters. The van der Waals surface area contributed by atoms with E-state index in [2.05, 4.69) is 0 Å². The van der Waals surface area contributed by atoms with Gasteiger partial charge in [0.25, 0.3) is 0 Å². The van der Waals surface area contributed by atoms with Crippen LogP contribution in [0.4, 0.5) is 13.2 Å². The van der Waals surface area contributed by atoms with Crippen LogP contribution in [0.25, 0.3) is 0 Å². The molecular weight excluding hydrogens is 229 g/mol. The molecule has 0 aromatic rings. The fourth-order valence-corrected chi connectivity index (χ4v) is 2.41. The van der Waals surface area contributed by atoms with Crippen LogP contribution in [0.5, 0.6) is 0 Å². The Morgan fingerprint density at radius 2 is 1.82 bits per heavy atom. The largest absolute Gasteiger partial charge is 0.405 e. The third-order valence-electron chi connectivity index (χ3n) is 3.20. The Balaban J connectivity index is 2.58. The maximum absolute atomic E-state index is 12.4. The van der Waals surface area contributed by atoms with Crippen LogP contribution >= 0.6 is 0 Å². The van der Waals surface area contributed by atoms with Crippen molar-refractivity contribution in [2.75, 3.05) is 13.1 Å². The van der Waals surface area contributed by atoms with Gasteiger partial charge >= 0.3 is 6.18 Å². The maximum Gasteiger partial charge on any atom is 0.405 e. The summed E-state index contributed by atoms with van der Waals surface area (Å²) >= 11 is 0. The zero-order chi connectivity index (χ0) is 12.9. The molecule has 17 heavy (non-hydrogen) atoms. The molecule has 0 radical (unpaired) electrons. The minimum Gasteiger partial charge on any atom is -0.351 e. The van der Waals surface area contributed by atoms with Gasteiger partial charge in [-0.15, -0.1) is 0 Å². The molecule has 0 amide bonds. The van der Waals surface area contributed by atoms with Gasteiger partial charge in [0.2, 0.25) is 0 Å². The molecule has 1 N–H and O–H groups in total. The highest BCUT2D eigenvalue weighted by Gasteiger charge is 2.33. The second kappa shape index (κ2) is 6.26. The normalized spacial score (nSPS) is 18.1. The van der Waals surface area contributed by atoms with Crippen LogP contribution in [0, 0.1) is 11.3 Å². The Kier molecular flexibility index (Phi) is 5.28. The van der Waals surface area contributed by atoms with Gasteiger partial charge in [0.1, 0.15) is 6.54 Å². The van der Waals surface area contributed by atoms with Crippen molar-refractivity contribution in [2.45, 2.75) is 51.6 Å². The Bertz CT molecular complexity index is 245. The summed E-state index contributed by atoms with van der Waals surface area (Å²) in [6, 6.07) is 0. The summed E-state index contributed by atoms with van der Waals surface area (Å²) < 4.78 is 37.3. The zero-order valence-electron chi connectivity index (χ0n) is 10.3. The highest BCUT2D eigenvalue weighted by Crippen LogP contribution is 2.27. The number of amidine groups is 1. The lowest BCUT2D eigenvalue weighted by Gasteiger charge is -2.32. The van der Waals surface area contributed by atoms with Crippen molar-refractivity contribution in [1.82, 2.24) is 4.90 Å². The second-order valence-electron chi connectivity index (χ2n) is 4.76. The van der Waals surface area contributed by atoms with E-state index in [4.69, 9.17) is 5.41 Å². The van der Waals surface area contributed by atoms with Gasteiger partial charge < -0.3 is 4.90 Å². The van der Waals surface area contributed by atoms with E-state index in [9.17, 15) is 13.2 Å². The number of halogens is 3. The monoisotopic (exact) mass is 250 g/mol. The molecule has 0 aromatic heterocycles. The van der Waals surface area contributed by atoms with Crippen LogP contribution in [0.3, 0.4) is 0 Å². The number of hydrogen-bond donors (Lipinski definition) is 1. The SMILES string of the molecule is CCCN(CC(F)(F)F)C(=N)C1CCCCC1. The van der Waals surface area contributed by atoms with E-state index in [1.165, 1.54) is 4.90 Å². The minimum absolute atomic E-state index is 0.0395. The van der Waals surface area contributed by atoms with Crippen LogP contribution < -0.4 is 0 Å². The molecule has 1 fully saturated rings. The van der Waals surface area contributed by atoms with Crippen LogP contribution in [-0.2, 0) is 0 Å². The van der Waals surface area contributed by atoms with Crippen molar-refractivity contribution in [2.24, 2.45) is 5.92 Å². The average Bonchev–Trinajstić information content (AvgIpc) is 2.27. The molecule has 0 spiro atoms. The zero-order valence-corrected chi connectivity index (χ0v) is 10.3. The van der Waals surface area contributed by atoms with E-state index in [1.54, 1.807) is 0 Å². The molecule has 0 aromatic carbocycles. The van der Waals surface area contributed by atoms with Gasteiger partial charge in [-0.3, -0.25) is 5.41 Å². The summed E-state index contributed by atoms with van der Waals surface area (Å²) in [6.07, 6.45) is 1.41. The van der Waals surface area contributed by atoms with Gasteiger partial charge in [-0.2, -0.15) is 13.2 Å². The van der Waals surface area contributed by atoms with E-state index in [1.807, 2.05) is 6.92 Å². The van der Waals surface area contributed by atoms with E-state index in [0.29, 0.717) is 13.0 Å². The highest BCUT2D eigenvalue weighted by atomic mass is 19.4. The quantitative estimate of drug-likeness (QED) is 0.596. The molecule has 1 aliphatic rings. The summed E-state index contributed by atoms with van der Waals surface area (Å²) in [5.74, 6) is 0.238. The summed E-state index contributed by atoms with van der Waals surface area (Å²) in [6.45, 7) is 1.20. The van der Waals surface area contributed by atoms with Gasteiger partial charge in [-0.25, -0.2) is 0 Å². The molecule has 1 aliphatic carbocycles. The molecule has 100 valence electrons. The summed E-state index contributed by atoms with van der Waals surface area (Å²) in [5.41, 5.74) is 0. The first-order chi connectivity index (χ1) is 7.94. The Morgan fingerprint density at radius 1 is 1.24 bits per heavy atom. The lowest BCUT2D eigenvalue weighted by atomic mass is 9.88. The van der Waals surface area contributed by atoms with Crippen molar-refractivity contribution < 1.29 is 13.2 Å². The van der Waals surface area contributed by atoms with Gasteiger partial charge in [0.15, 0.2) is 0 Å². The molecule has 0 heterocycles. The van der Waals surface area contributed by atoms with Gasteiger partial charge in [-0.1, -0.05) is 26.2 Å². The smallest absolute Gasteiger partial charge is 0.351 e. The van der Waals surface area contributed by atoms with Crippen LogP contribution in [0.2, 0.25) is 0 Å².